The molecule has 1 aliphatic rings. The first kappa shape index (κ1) is 23.9. The molecule has 1 aromatic carbocycles. The molecule has 3 rings (SSSR count). The fraction of sp³-hybridized carbons (Fsp3) is 0.409. The van der Waals surface area contributed by atoms with Gasteiger partial charge in [-0.1, -0.05) is 24.6 Å². The smallest absolute Gasteiger partial charge is 0.321 e. The zero-order valence-electron chi connectivity index (χ0n) is 18.2. The van der Waals surface area contributed by atoms with Gasteiger partial charge in [0.25, 0.3) is 5.91 Å². The minimum Gasteiger partial charge on any atom is -0.455 e. The SMILES string of the molecule is Cc1ccc(S(=O)(=O)N(C)CC(=O)OCC(=O)Nc2sc3c(c2C#N)CCC(C)C3)cc1. The molecular formula is C22H25N3O5S2. The Labute approximate surface area is 191 Å². The molecule has 0 bridgehead atoms. The van der Waals surface area contributed by atoms with Crippen LogP contribution in [-0.4, -0.2) is 44.8 Å². The third-order valence-electron chi connectivity index (χ3n) is 5.32. The number of nitrogens with one attached hydrogen (secondary N) is 1. The van der Waals surface area contributed by atoms with E-state index in [1.54, 1.807) is 12.1 Å². The molecule has 10 heteroatoms. The van der Waals surface area contributed by atoms with Gasteiger partial charge in [0.2, 0.25) is 10.0 Å². The van der Waals surface area contributed by atoms with Crippen LogP contribution in [0.15, 0.2) is 29.2 Å². The monoisotopic (exact) mass is 475 g/mol. The van der Waals surface area contributed by atoms with Crippen molar-refractivity contribution in [1.82, 2.24) is 4.31 Å². The molecule has 0 fully saturated rings. The van der Waals surface area contributed by atoms with E-state index in [2.05, 4.69) is 18.3 Å². The molecule has 1 amide bonds. The first-order valence-electron chi connectivity index (χ1n) is 10.1. The second-order valence-electron chi connectivity index (χ2n) is 7.95. The summed E-state index contributed by atoms with van der Waals surface area (Å²) in [6.07, 6.45) is 2.69. The molecule has 1 aromatic heterocycles. The fourth-order valence-corrected chi connectivity index (χ4v) is 5.96. The molecule has 0 radical (unpaired) electrons. The van der Waals surface area contributed by atoms with Crippen LogP contribution in [0, 0.1) is 24.2 Å². The number of fused-ring (bicyclic) bond motifs is 1. The van der Waals surface area contributed by atoms with Gasteiger partial charge in [-0.3, -0.25) is 9.59 Å². The molecule has 0 saturated carbocycles. The molecule has 1 aliphatic carbocycles. The van der Waals surface area contributed by atoms with Crippen molar-refractivity contribution in [3.05, 3.63) is 45.8 Å². The Bertz CT molecular complexity index is 1160. The molecule has 32 heavy (non-hydrogen) atoms. The predicted octanol–water partition coefficient (Wildman–Crippen LogP) is 2.86. The van der Waals surface area contributed by atoms with E-state index in [0.717, 1.165) is 39.6 Å². The van der Waals surface area contributed by atoms with Crippen molar-refractivity contribution < 1.29 is 22.7 Å². The molecule has 0 aliphatic heterocycles. The number of hydrogen-bond acceptors (Lipinski definition) is 7. The Balaban J connectivity index is 1.56. The molecule has 1 atom stereocenters. The van der Waals surface area contributed by atoms with E-state index in [1.165, 1.54) is 30.5 Å². The summed E-state index contributed by atoms with van der Waals surface area (Å²) < 4.78 is 30.9. The lowest BCUT2D eigenvalue weighted by Crippen LogP contribution is -2.34. The first-order valence-corrected chi connectivity index (χ1v) is 12.4. The minimum atomic E-state index is -3.86. The Hall–Kier alpha value is -2.74. The van der Waals surface area contributed by atoms with E-state index in [-0.39, 0.29) is 4.90 Å². The molecule has 0 saturated heterocycles. The third kappa shape index (κ3) is 5.35. The Morgan fingerprint density at radius 3 is 2.66 bits per heavy atom. The number of nitriles is 1. The van der Waals surface area contributed by atoms with Gasteiger partial charge in [-0.2, -0.15) is 9.57 Å². The number of likely N-dealkylation sites (N-methyl/N-ethyl adjacent to an activating group) is 1. The summed E-state index contributed by atoms with van der Waals surface area (Å²) in [5.41, 5.74) is 2.38. The lowest BCUT2D eigenvalue weighted by atomic mass is 9.89. The van der Waals surface area contributed by atoms with Crippen LogP contribution < -0.4 is 5.32 Å². The predicted molar refractivity (Wildman–Crippen MR) is 121 cm³/mol. The van der Waals surface area contributed by atoms with E-state index in [0.29, 0.717) is 16.5 Å². The van der Waals surface area contributed by atoms with Gasteiger partial charge in [0, 0.05) is 11.9 Å². The number of esters is 1. The Morgan fingerprint density at radius 2 is 2.00 bits per heavy atom. The van der Waals surface area contributed by atoms with Crippen molar-refractivity contribution >= 4 is 38.2 Å². The number of carbonyl (C=O) groups is 2. The van der Waals surface area contributed by atoms with Crippen molar-refractivity contribution in [3.63, 3.8) is 0 Å². The number of amides is 1. The number of anilines is 1. The highest BCUT2D eigenvalue weighted by atomic mass is 32.2. The third-order valence-corrected chi connectivity index (χ3v) is 8.31. The van der Waals surface area contributed by atoms with Crippen LogP contribution >= 0.6 is 11.3 Å². The first-order chi connectivity index (χ1) is 15.1. The highest BCUT2D eigenvalue weighted by molar-refractivity contribution is 7.89. The summed E-state index contributed by atoms with van der Waals surface area (Å²) in [5, 5.41) is 12.6. The second kappa shape index (κ2) is 9.81. The van der Waals surface area contributed by atoms with E-state index in [4.69, 9.17) is 4.74 Å². The van der Waals surface area contributed by atoms with E-state index in [1.807, 2.05) is 6.92 Å². The van der Waals surface area contributed by atoms with Crippen LogP contribution in [0.1, 0.15) is 34.9 Å². The van der Waals surface area contributed by atoms with Gasteiger partial charge < -0.3 is 10.1 Å². The van der Waals surface area contributed by atoms with Gasteiger partial charge in [-0.25, -0.2) is 8.42 Å². The standard InChI is InChI=1S/C22H25N3O5S2/c1-14-4-7-16(8-5-14)32(28,29)25(3)12-21(27)30-13-20(26)24-22-18(11-23)17-9-6-15(2)10-19(17)31-22/h4-5,7-8,15H,6,9-10,12-13H2,1-3H3,(H,24,26). The van der Waals surface area contributed by atoms with Crippen molar-refractivity contribution in [2.75, 3.05) is 25.5 Å². The molecule has 1 heterocycles. The summed E-state index contributed by atoms with van der Waals surface area (Å²) in [5.74, 6) is -0.894. The topological polar surface area (TPSA) is 117 Å². The molecule has 0 spiro atoms. The van der Waals surface area contributed by atoms with Crippen LogP contribution in [0.5, 0.6) is 0 Å². The number of benzene rings is 1. The number of aryl methyl sites for hydroxylation is 1. The normalized spacial score (nSPS) is 15.7. The molecule has 170 valence electrons. The van der Waals surface area contributed by atoms with Gasteiger partial charge in [0.15, 0.2) is 6.61 Å². The summed E-state index contributed by atoms with van der Waals surface area (Å²) in [6, 6.07) is 8.44. The second-order valence-corrected chi connectivity index (χ2v) is 11.1. The average Bonchev–Trinajstić information content (AvgIpc) is 3.08. The fourth-order valence-electron chi connectivity index (χ4n) is 3.47. The quantitative estimate of drug-likeness (QED) is 0.616. The highest BCUT2D eigenvalue weighted by Gasteiger charge is 2.26. The zero-order chi connectivity index (χ0) is 23.5. The van der Waals surface area contributed by atoms with Crippen LogP contribution in [0.2, 0.25) is 0 Å². The van der Waals surface area contributed by atoms with Crippen molar-refractivity contribution in [3.8, 4) is 6.07 Å². The Morgan fingerprint density at radius 1 is 1.31 bits per heavy atom. The summed E-state index contributed by atoms with van der Waals surface area (Å²) in [7, 11) is -2.59. The molecule has 8 nitrogen and oxygen atoms in total. The van der Waals surface area contributed by atoms with Crippen LogP contribution in [0.25, 0.3) is 0 Å². The number of hydrogen-bond donors (Lipinski definition) is 1. The minimum absolute atomic E-state index is 0.0659. The van der Waals surface area contributed by atoms with Gasteiger partial charge in [0.1, 0.15) is 17.6 Å². The van der Waals surface area contributed by atoms with Crippen LogP contribution in [0.3, 0.4) is 0 Å². The lowest BCUT2D eigenvalue weighted by Gasteiger charge is -2.17. The maximum Gasteiger partial charge on any atom is 0.321 e. The number of ether oxygens (including phenoxy) is 1. The number of thiophene rings is 1. The van der Waals surface area contributed by atoms with E-state index in [9.17, 15) is 23.3 Å². The van der Waals surface area contributed by atoms with Crippen molar-refractivity contribution in [1.29, 1.82) is 5.26 Å². The van der Waals surface area contributed by atoms with Gasteiger partial charge >= 0.3 is 5.97 Å². The summed E-state index contributed by atoms with van der Waals surface area (Å²) in [6.45, 7) is 2.90. The molecular weight excluding hydrogens is 450 g/mol. The van der Waals surface area contributed by atoms with Crippen LogP contribution in [-0.2, 0) is 37.2 Å². The number of sulfonamides is 1. The number of rotatable bonds is 7. The zero-order valence-corrected chi connectivity index (χ0v) is 19.8. The Kier molecular flexibility index (Phi) is 7.33. The summed E-state index contributed by atoms with van der Waals surface area (Å²) >= 11 is 1.38. The van der Waals surface area contributed by atoms with Crippen LogP contribution in [0.4, 0.5) is 5.00 Å². The summed E-state index contributed by atoms with van der Waals surface area (Å²) in [4.78, 5) is 25.6. The molecule has 1 unspecified atom stereocenters. The van der Waals surface area contributed by atoms with Gasteiger partial charge in [-0.15, -0.1) is 11.3 Å². The number of nitrogens with zero attached hydrogens (tertiary/aromatic N) is 2. The highest BCUT2D eigenvalue weighted by Crippen LogP contribution is 2.39. The maximum absolute atomic E-state index is 12.6. The molecule has 1 N–H and O–H groups in total. The van der Waals surface area contributed by atoms with E-state index >= 15 is 0 Å². The van der Waals surface area contributed by atoms with E-state index < -0.39 is 35.1 Å². The molecule has 2 aromatic rings. The van der Waals surface area contributed by atoms with Gasteiger partial charge in [0.05, 0.1) is 10.5 Å². The number of carbonyl (C=O) groups excluding carboxylic acids is 2. The van der Waals surface area contributed by atoms with Crippen molar-refractivity contribution in [2.24, 2.45) is 5.92 Å². The average molecular weight is 476 g/mol. The lowest BCUT2D eigenvalue weighted by molar-refractivity contribution is -0.147. The maximum atomic E-state index is 12.6. The van der Waals surface area contributed by atoms with Gasteiger partial charge in [-0.05, 0) is 49.8 Å². The largest absolute Gasteiger partial charge is 0.455 e. The van der Waals surface area contributed by atoms with Crippen molar-refractivity contribution in [2.45, 2.75) is 38.0 Å².